The van der Waals surface area contributed by atoms with Crippen molar-refractivity contribution < 1.29 is 19.6 Å². The first-order chi connectivity index (χ1) is 15.1. The molecule has 2 aliphatic heterocycles. The number of aromatic hydroxyl groups is 1. The van der Waals surface area contributed by atoms with Gasteiger partial charge < -0.3 is 15.2 Å². The van der Waals surface area contributed by atoms with Crippen LogP contribution in [0.25, 0.3) is 5.70 Å². The molecule has 162 valence electrons. The van der Waals surface area contributed by atoms with Gasteiger partial charge in [0, 0.05) is 30.2 Å². The van der Waals surface area contributed by atoms with Gasteiger partial charge in [0.05, 0.1) is 11.5 Å². The third kappa shape index (κ3) is 3.99. The summed E-state index contributed by atoms with van der Waals surface area (Å²) in [5.41, 5.74) is 3.14. The molecule has 3 N–H and O–H groups in total. The maximum absolute atomic E-state index is 13.6. The highest BCUT2D eigenvalue weighted by Gasteiger charge is 2.44. The molecular formula is C26H31N2O3+. The van der Waals surface area contributed by atoms with E-state index in [2.05, 4.69) is 29.4 Å². The van der Waals surface area contributed by atoms with Crippen LogP contribution in [-0.2, 0) is 9.53 Å². The number of benzene rings is 1. The molecule has 5 rings (SSSR count). The van der Waals surface area contributed by atoms with E-state index in [-0.39, 0.29) is 29.0 Å². The van der Waals surface area contributed by atoms with E-state index >= 15 is 0 Å². The number of phenolic OH excluding ortho intramolecular Hbond substituents is 1. The van der Waals surface area contributed by atoms with Crippen molar-refractivity contribution in [2.24, 2.45) is 17.8 Å². The zero-order chi connectivity index (χ0) is 21.4. The molecule has 2 heterocycles. The van der Waals surface area contributed by atoms with E-state index in [0.717, 1.165) is 42.0 Å². The summed E-state index contributed by atoms with van der Waals surface area (Å²) in [5.74, 6) is 1.03. The minimum absolute atomic E-state index is 0.0172. The van der Waals surface area contributed by atoms with Crippen molar-refractivity contribution in [2.75, 3.05) is 13.2 Å². The minimum Gasteiger partial charge on any atom is -0.507 e. The summed E-state index contributed by atoms with van der Waals surface area (Å²) in [4.78, 5) is 17.1. The predicted octanol–water partition coefficient (Wildman–Crippen LogP) is 2.48. The number of amides is 1. The highest BCUT2D eigenvalue weighted by atomic mass is 16.5. The lowest BCUT2D eigenvalue weighted by atomic mass is 9.77. The van der Waals surface area contributed by atoms with Gasteiger partial charge in [-0.25, -0.2) is 4.99 Å². The van der Waals surface area contributed by atoms with Gasteiger partial charge in [0.25, 0.3) is 0 Å². The van der Waals surface area contributed by atoms with Crippen LogP contribution in [0.3, 0.4) is 0 Å². The summed E-state index contributed by atoms with van der Waals surface area (Å²) < 4.78 is 5.61. The van der Waals surface area contributed by atoms with Gasteiger partial charge in [-0.2, -0.15) is 0 Å². The molecular weight excluding hydrogens is 388 g/mol. The Morgan fingerprint density at radius 3 is 2.74 bits per heavy atom. The number of phenols is 1. The monoisotopic (exact) mass is 419 g/mol. The molecule has 2 aliphatic carbocycles. The summed E-state index contributed by atoms with van der Waals surface area (Å²) in [7, 11) is 0. The minimum atomic E-state index is -0.174. The molecule has 0 spiro atoms. The van der Waals surface area contributed by atoms with E-state index in [1.54, 1.807) is 6.07 Å². The molecule has 1 aromatic carbocycles. The zero-order valence-corrected chi connectivity index (χ0v) is 18.1. The largest absolute Gasteiger partial charge is 0.507 e. The van der Waals surface area contributed by atoms with E-state index < -0.39 is 0 Å². The summed E-state index contributed by atoms with van der Waals surface area (Å²) in [6.07, 6.45) is 13.6. The molecule has 1 amide bonds. The third-order valence-corrected chi connectivity index (χ3v) is 7.23. The molecule has 0 radical (unpaired) electrons. The van der Waals surface area contributed by atoms with Crippen LogP contribution < -0.4 is 10.3 Å². The van der Waals surface area contributed by atoms with Gasteiger partial charge in [-0.05, 0) is 37.3 Å². The molecule has 31 heavy (non-hydrogen) atoms. The number of fused-ring (bicyclic) bond motifs is 1. The number of carbonyl (C=O) groups is 1. The maximum atomic E-state index is 13.6. The number of carbonyl (C=O) groups excluding carboxylic acids is 1. The smallest absolute Gasteiger partial charge is 0.312 e. The van der Waals surface area contributed by atoms with Crippen molar-refractivity contribution in [1.82, 2.24) is 5.32 Å². The third-order valence-electron chi connectivity index (χ3n) is 7.23. The molecule has 4 aliphatic rings. The molecule has 2 fully saturated rings. The molecule has 1 saturated heterocycles. The van der Waals surface area contributed by atoms with Crippen LogP contribution in [0.15, 0.2) is 54.1 Å². The van der Waals surface area contributed by atoms with Crippen LogP contribution >= 0.6 is 0 Å². The number of hydrogen-bond acceptors (Lipinski definition) is 3. The second-order valence-corrected chi connectivity index (χ2v) is 9.44. The Labute approximate surface area is 183 Å². The fraction of sp³-hybridized carbons (Fsp3) is 0.462. The van der Waals surface area contributed by atoms with Crippen LogP contribution in [0, 0.1) is 17.8 Å². The first-order valence-corrected chi connectivity index (χ1v) is 11.5. The van der Waals surface area contributed by atoms with Gasteiger partial charge >= 0.3 is 5.91 Å². The Hall–Kier alpha value is -2.66. The predicted molar refractivity (Wildman–Crippen MR) is 120 cm³/mol. The fourth-order valence-electron chi connectivity index (χ4n) is 5.24. The highest BCUT2D eigenvalue weighted by molar-refractivity contribution is 6.38. The second-order valence-electron chi connectivity index (χ2n) is 9.44. The number of hydrogen-bond donors (Lipinski definition) is 3. The Balaban J connectivity index is 1.50. The van der Waals surface area contributed by atoms with Gasteiger partial charge in [-0.15, -0.1) is 0 Å². The molecule has 1 saturated carbocycles. The molecule has 0 bridgehead atoms. The normalized spacial score (nSPS) is 26.9. The molecule has 5 heteroatoms. The van der Waals surface area contributed by atoms with Crippen LogP contribution in [0.4, 0.5) is 0 Å². The Bertz CT molecular complexity index is 994. The van der Waals surface area contributed by atoms with Crippen molar-refractivity contribution >= 4 is 17.3 Å². The molecule has 2 atom stereocenters. The molecule has 0 aromatic heterocycles. The zero-order valence-electron chi connectivity index (χ0n) is 18.1. The maximum Gasteiger partial charge on any atom is 0.312 e. The average molecular weight is 420 g/mol. The quantitative estimate of drug-likeness (QED) is 0.687. The number of para-hydroxylation sites is 1. The highest BCUT2D eigenvalue weighted by Crippen LogP contribution is 2.40. The van der Waals surface area contributed by atoms with Crippen LogP contribution in [0.1, 0.15) is 44.6 Å². The number of nitrogens with one attached hydrogen (secondary N) is 2. The average Bonchev–Trinajstić information content (AvgIpc) is 3.59. The van der Waals surface area contributed by atoms with Crippen molar-refractivity contribution in [3.05, 3.63) is 59.7 Å². The van der Waals surface area contributed by atoms with E-state index in [0.29, 0.717) is 18.9 Å². The van der Waals surface area contributed by atoms with Gasteiger partial charge in [0.1, 0.15) is 5.75 Å². The first-order valence-electron chi connectivity index (χ1n) is 11.5. The topological polar surface area (TPSA) is 72.5 Å². The van der Waals surface area contributed by atoms with Crippen LogP contribution in [-0.4, -0.2) is 35.5 Å². The molecule has 1 aromatic rings. The standard InChI is InChI=1S/C26H30N2O3/c1-17-19-6-2-3-7-20(19)24(21-8-4-5-9-22(21)29)27-23(17)25(30)28-26(16-18-10-11-18)12-14-31-15-13-26/h2-9,17-19,29H,10-16H2,1H3,(H,28,30)/p+1/t17-,19?/m0/s1. The van der Waals surface area contributed by atoms with Gasteiger partial charge in [-0.1, -0.05) is 56.2 Å². The summed E-state index contributed by atoms with van der Waals surface area (Å²) in [6.45, 7) is 3.51. The van der Waals surface area contributed by atoms with Crippen molar-refractivity contribution in [2.45, 2.75) is 44.6 Å². The Morgan fingerprint density at radius 2 is 2.00 bits per heavy atom. The summed E-state index contributed by atoms with van der Waals surface area (Å²) in [5, 5.41) is 14.0. The Morgan fingerprint density at radius 1 is 1.23 bits per heavy atom. The number of ether oxygens (including phenoxy) is 1. The van der Waals surface area contributed by atoms with Gasteiger partial charge in [0.2, 0.25) is 11.4 Å². The van der Waals surface area contributed by atoms with Gasteiger partial charge in [-0.3, -0.25) is 4.79 Å². The van der Waals surface area contributed by atoms with E-state index in [1.807, 2.05) is 30.4 Å². The van der Waals surface area contributed by atoms with Crippen LogP contribution in [0.5, 0.6) is 5.75 Å². The lowest BCUT2D eigenvalue weighted by molar-refractivity contribution is -0.350. The fourth-order valence-corrected chi connectivity index (χ4v) is 5.24. The number of rotatable bonds is 5. The Kier molecular flexibility index (Phi) is 5.30. The van der Waals surface area contributed by atoms with Crippen molar-refractivity contribution in [3.8, 4) is 5.75 Å². The van der Waals surface area contributed by atoms with Crippen LogP contribution in [0.2, 0.25) is 0 Å². The molecule has 1 unspecified atom stereocenters. The first kappa shape index (κ1) is 20.3. The van der Waals surface area contributed by atoms with Gasteiger partial charge in [0.15, 0.2) is 0 Å². The lowest BCUT2D eigenvalue weighted by Gasteiger charge is -2.38. The lowest BCUT2D eigenvalue weighted by Crippen LogP contribution is -2.78. The summed E-state index contributed by atoms with van der Waals surface area (Å²) >= 11 is 0. The SMILES string of the molecule is C[C@@H]1C(C(=O)NC2(CC3CC3)CCOCC2)=[NH+]C(c2ccccc2O)=C2C=CC=CC21. The number of allylic oxidation sites excluding steroid dienone is 5. The van der Waals surface area contributed by atoms with Crippen molar-refractivity contribution in [1.29, 1.82) is 0 Å². The van der Waals surface area contributed by atoms with E-state index in [9.17, 15) is 9.90 Å². The molecule has 5 nitrogen and oxygen atoms in total. The second kappa shape index (κ2) is 8.12. The van der Waals surface area contributed by atoms with E-state index in [1.165, 1.54) is 12.8 Å². The summed E-state index contributed by atoms with van der Waals surface area (Å²) in [6, 6.07) is 7.30. The van der Waals surface area contributed by atoms with E-state index in [4.69, 9.17) is 4.74 Å². The van der Waals surface area contributed by atoms with Crippen molar-refractivity contribution in [3.63, 3.8) is 0 Å².